The van der Waals surface area contributed by atoms with Crippen molar-refractivity contribution >= 4 is 40.1 Å². The highest BCUT2D eigenvalue weighted by atomic mass is 35.5. The zero-order valence-corrected chi connectivity index (χ0v) is 17.3. The maximum Gasteiger partial charge on any atom is 0.356 e. The number of aromatic nitrogens is 3. The number of hydrogen-bond donors (Lipinski definition) is 0. The topological polar surface area (TPSA) is 57.0 Å². The Balaban J connectivity index is 1.76. The first kappa shape index (κ1) is 18.7. The SMILES string of the molecule is COC(=O)c1cc(C)c2nc(C)n(Cc3ccc(-c4cccs4)cc3Cl)c2n1. The molecule has 0 atom stereocenters. The Hall–Kier alpha value is -2.70. The van der Waals surface area contributed by atoms with Gasteiger partial charge in [0.1, 0.15) is 11.3 Å². The highest BCUT2D eigenvalue weighted by Crippen LogP contribution is 2.30. The standard InChI is InChI=1S/C21H18ClN3O2S/c1-12-9-17(21(26)27-3)24-20-19(12)23-13(2)25(20)11-15-7-6-14(10-16(15)22)18-5-4-8-28-18/h4-10H,11H2,1-3H3. The fourth-order valence-corrected chi connectivity index (χ4v) is 4.16. The number of carbonyl (C=O) groups excluding carboxylic acids is 1. The molecule has 4 aromatic rings. The number of pyridine rings is 1. The molecule has 0 aliphatic carbocycles. The molecule has 0 saturated carbocycles. The Labute approximate surface area is 171 Å². The van der Waals surface area contributed by atoms with E-state index in [1.165, 1.54) is 12.0 Å². The fraction of sp³-hybridized carbons (Fsp3) is 0.190. The van der Waals surface area contributed by atoms with E-state index < -0.39 is 5.97 Å². The average molecular weight is 412 g/mol. The van der Waals surface area contributed by atoms with Crippen LogP contribution < -0.4 is 0 Å². The summed E-state index contributed by atoms with van der Waals surface area (Å²) >= 11 is 8.26. The highest BCUT2D eigenvalue weighted by molar-refractivity contribution is 7.13. The smallest absolute Gasteiger partial charge is 0.356 e. The number of fused-ring (bicyclic) bond motifs is 1. The molecule has 0 fully saturated rings. The lowest BCUT2D eigenvalue weighted by atomic mass is 10.1. The summed E-state index contributed by atoms with van der Waals surface area (Å²) in [6.07, 6.45) is 0. The molecule has 0 spiro atoms. The van der Waals surface area contributed by atoms with E-state index in [0.29, 0.717) is 17.2 Å². The van der Waals surface area contributed by atoms with Crippen molar-refractivity contribution in [3.05, 3.63) is 69.4 Å². The van der Waals surface area contributed by atoms with E-state index in [4.69, 9.17) is 16.3 Å². The molecule has 142 valence electrons. The van der Waals surface area contributed by atoms with Gasteiger partial charge < -0.3 is 9.30 Å². The predicted octanol–water partition coefficient (Wildman–Crippen LogP) is 5.26. The number of carbonyl (C=O) groups is 1. The van der Waals surface area contributed by atoms with E-state index in [2.05, 4.69) is 22.1 Å². The van der Waals surface area contributed by atoms with Crippen molar-refractivity contribution in [2.75, 3.05) is 7.11 Å². The molecular formula is C21H18ClN3O2S. The summed E-state index contributed by atoms with van der Waals surface area (Å²) in [5.41, 5.74) is 4.64. The van der Waals surface area contributed by atoms with Gasteiger partial charge in [-0.1, -0.05) is 29.8 Å². The predicted molar refractivity (Wildman–Crippen MR) is 112 cm³/mol. The van der Waals surface area contributed by atoms with E-state index in [-0.39, 0.29) is 5.69 Å². The molecule has 5 nitrogen and oxygen atoms in total. The number of hydrogen-bond acceptors (Lipinski definition) is 5. The number of halogens is 1. The van der Waals surface area contributed by atoms with E-state index in [9.17, 15) is 4.79 Å². The zero-order chi connectivity index (χ0) is 19.8. The van der Waals surface area contributed by atoms with Gasteiger partial charge in [-0.25, -0.2) is 14.8 Å². The Morgan fingerprint density at radius 2 is 2.04 bits per heavy atom. The Bertz CT molecular complexity index is 1180. The summed E-state index contributed by atoms with van der Waals surface area (Å²) in [4.78, 5) is 22.3. The van der Waals surface area contributed by atoms with Crippen molar-refractivity contribution in [3.63, 3.8) is 0 Å². The zero-order valence-electron chi connectivity index (χ0n) is 15.7. The third-order valence-corrected chi connectivity index (χ3v) is 5.94. The summed E-state index contributed by atoms with van der Waals surface area (Å²) in [5.74, 6) is 0.347. The number of thiophene rings is 1. The van der Waals surface area contributed by atoms with Gasteiger partial charge in [-0.05, 0) is 54.1 Å². The van der Waals surface area contributed by atoms with Gasteiger partial charge in [-0.2, -0.15) is 0 Å². The molecule has 28 heavy (non-hydrogen) atoms. The van der Waals surface area contributed by atoms with Gasteiger partial charge in [0, 0.05) is 9.90 Å². The third-order valence-electron chi connectivity index (χ3n) is 4.67. The summed E-state index contributed by atoms with van der Waals surface area (Å²) in [6.45, 7) is 4.35. The normalized spacial score (nSPS) is 11.1. The molecule has 0 bridgehead atoms. The van der Waals surface area contributed by atoms with Crippen molar-refractivity contribution in [2.45, 2.75) is 20.4 Å². The summed E-state index contributed by atoms with van der Waals surface area (Å²) < 4.78 is 6.79. The molecule has 7 heteroatoms. The lowest BCUT2D eigenvalue weighted by molar-refractivity contribution is 0.0594. The van der Waals surface area contributed by atoms with Crippen LogP contribution in [0.4, 0.5) is 0 Å². The maximum atomic E-state index is 12.0. The van der Waals surface area contributed by atoms with Crippen molar-refractivity contribution < 1.29 is 9.53 Å². The molecule has 0 N–H and O–H groups in total. The minimum atomic E-state index is -0.464. The molecule has 3 aromatic heterocycles. The van der Waals surface area contributed by atoms with E-state index in [0.717, 1.165) is 28.0 Å². The molecule has 4 rings (SSSR count). The quantitative estimate of drug-likeness (QED) is 0.429. The average Bonchev–Trinajstić information content (AvgIpc) is 3.32. The van der Waals surface area contributed by atoms with Crippen molar-refractivity contribution in [2.24, 2.45) is 0 Å². The first-order chi connectivity index (χ1) is 13.5. The van der Waals surface area contributed by atoms with Crippen LogP contribution in [0.15, 0.2) is 41.8 Å². The van der Waals surface area contributed by atoms with Gasteiger partial charge in [-0.15, -0.1) is 11.3 Å². The van der Waals surface area contributed by atoms with E-state index in [1.807, 2.05) is 42.0 Å². The molecule has 0 aliphatic heterocycles. The molecule has 1 aromatic carbocycles. The second-order valence-electron chi connectivity index (χ2n) is 6.52. The summed E-state index contributed by atoms with van der Waals surface area (Å²) in [5, 5.41) is 2.73. The van der Waals surface area contributed by atoms with Crippen LogP contribution in [0, 0.1) is 13.8 Å². The van der Waals surface area contributed by atoms with Crippen LogP contribution in [-0.4, -0.2) is 27.6 Å². The molecule has 0 saturated heterocycles. The second kappa shape index (κ2) is 7.37. The first-order valence-corrected chi connectivity index (χ1v) is 9.99. The number of rotatable bonds is 4. The molecular weight excluding hydrogens is 394 g/mol. The number of aryl methyl sites for hydroxylation is 2. The highest BCUT2D eigenvalue weighted by Gasteiger charge is 2.17. The first-order valence-electron chi connectivity index (χ1n) is 8.73. The van der Waals surface area contributed by atoms with Crippen LogP contribution in [0.5, 0.6) is 0 Å². The minimum Gasteiger partial charge on any atom is -0.464 e. The molecule has 0 aliphatic rings. The van der Waals surface area contributed by atoms with Crippen molar-refractivity contribution in [1.29, 1.82) is 0 Å². The largest absolute Gasteiger partial charge is 0.464 e. The number of benzene rings is 1. The second-order valence-corrected chi connectivity index (χ2v) is 7.87. The van der Waals surface area contributed by atoms with Crippen LogP contribution in [0.25, 0.3) is 21.6 Å². The Morgan fingerprint density at radius 3 is 2.71 bits per heavy atom. The molecule has 0 amide bonds. The van der Waals surface area contributed by atoms with Crippen LogP contribution in [0.2, 0.25) is 5.02 Å². The summed E-state index contributed by atoms with van der Waals surface area (Å²) in [6, 6.07) is 11.9. The van der Waals surface area contributed by atoms with Crippen molar-refractivity contribution in [3.8, 4) is 10.4 Å². The van der Waals surface area contributed by atoms with Crippen LogP contribution in [0.1, 0.15) is 27.4 Å². The minimum absolute atomic E-state index is 0.271. The third kappa shape index (κ3) is 3.30. The molecule has 3 heterocycles. The monoisotopic (exact) mass is 411 g/mol. The lowest BCUT2D eigenvalue weighted by Crippen LogP contribution is -2.08. The Morgan fingerprint density at radius 1 is 1.21 bits per heavy atom. The number of esters is 1. The van der Waals surface area contributed by atoms with Gasteiger partial charge >= 0.3 is 5.97 Å². The lowest BCUT2D eigenvalue weighted by Gasteiger charge is -2.10. The van der Waals surface area contributed by atoms with Gasteiger partial charge in [-0.3, -0.25) is 0 Å². The summed E-state index contributed by atoms with van der Waals surface area (Å²) in [7, 11) is 1.35. The van der Waals surface area contributed by atoms with Crippen molar-refractivity contribution in [1.82, 2.24) is 14.5 Å². The van der Waals surface area contributed by atoms with Gasteiger partial charge in [0.15, 0.2) is 11.3 Å². The van der Waals surface area contributed by atoms with Gasteiger partial charge in [0.05, 0.1) is 13.7 Å². The number of methoxy groups -OCH3 is 1. The number of ether oxygens (including phenoxy) is 1. The Kier molecular flexibility index (Phi) is 4.91. The van der Waals surface area contributed by atoms with Crippen LogP contribution in [0.3, 0.4) is 0 Å². The van der Waals surface area contributed by atoms with E-state index in [1.54, 1.807) is 17.4 Å². The number of nitrogens with zero attached hydrogens (tertiary/aromatic N) is 3. The van der Waals surface area contributed by atoms with E-state index >= 15 is 0 Å². The van der Waals surface area contributed by atoms with Crippen LogP contribution in [-0.2, 0) is 11.3 Å². The van der Waals surface area contributed by atoms with Gasteiger partial charge in [0.25, 0.3) is 0 Å². The number of imidazole rings is 1. The van der Waals surface area contributed by atoms with Crippen LogP contribution >= 0.6 is 22.9 Å². The fourth-order valence-electron chi connectivity index (χ4n) is 3.19. The van der Waals surface area contributed by atoms with Gasteiger partial charge in [0.2, 0.25) is 0 Å². The molecule has 0 radical (unpaired) electrons. The molecule has 0 unspecified atom stereocenters. The maximum absolute atomic E-state index is 12.0.